The molecule has 0 saturated carbocycles. The van der Waals surface area contributed by atoms with Gasteiger partial charge in [-0.25, -0.2) is 4.98 Å². The molecule has 2 fully saturated rings. The molecular weight excluding hydrogens is 336 g/mol. The van der Waals surface area contributed by atoms with Gasteiger partial charge >= 0.3 is 0 Å². The first kappa shape index (κ1) is 16.8. The SMILES string of the molecule is CC(=O)N1CCN(c2nc3c(s2)CC(C(=O)N2CCCC2)CC3)CC1. The molecule has 0 N–H and O–H groups in total. The van der Waals surface area contributed by atoms with E-state index in [1.54, 1.807) is 18.3 Å². The minimum atomic E-state index is 0.147. The van der Waals surface area contributed by atoms with E-state index in [2.05, 4.69) is 9.80 Å². The summed E-state index contributed by atoms with van der Waals surface area (Å²) in [6, 6.07) is 0. The fourth-order valence-electron chi connectivity index (χ4n) is 4.12. The van der Waals surface area contributed by atoms with Crippen molar-refractivity contribution in [3.05, 3.63) is 10.6 Å². The Kier molecular flexibility index (Phi) is 4.67. The Bertz CT molecular complexity index is 660. The summed E-state index contributed by atoms with van der Waals surface area (Å²) in [4.78, 5) is 36.5. The molecule has 0 bridgehead atoms. The molecule has 6 nitrogen and oxygen atoms in total. The van der Waals surface area contributed by atoms with Crippen LogP contribution in [0, 0.1) is 5.92 Å². The second kappa shape index (κ2) is 6.94. The van der Waals surface area contributed by atoms with Gasteiger partial charge in [-0.2, -0.15) is 0 Å². The average Bonchev–Trinajstić information content (AvgIpc) is 3.30. The van der Waals surface area contributed by atoms with Crippen LogP contribution in [0.1, 0.15) is 36.8 Å². The highest BCUT2D eigenvalue weighted by atomic mass is 32.1. The summed E-state index contributed by atoms with van der Waals surface area (Å²) in [5.41, 5.74) is 1.19. The summed E-state index contributed by atoms with van der Waals surface area (Å²) in [6.07, 6.45) is 5.02. The molecule has 3 heterocycles. The van der Waals surface area contributed by atoms with Crippen LogP contribution in [0.25, 0.3) is 0 Å². The number of nitrogens with zero attached hydrogens (tertiary/aromatic N) is 4. The van der Waals surface area contributed by atoms with Crippen LogP contribution in [0.4, 0.5) is 5.13 Å². The van der Waals surface area contributed by atoms with Gasteiger partial charge in [0.2, 0.25) is 11.8 Å². The van der Waals surface area contributed by atoms with Gasteiger partial charge in [0.25, 0.3) is 0 Å². The maximum atomic E-state index is 12.7. The number of rotatable bonds is 2. The van der Waals surface area contributed by atoms with E-state index in [0.717, 1.165) is 76.5 Å². The Morgan fingerprint density at radius 2 is 1.76 bits per heavy atom. The number of amides is 2. The van der Waals surface area contributed by atoms with Crippen LogP contribution in [-0.2, 0) is 22.4 Å². The van der Waals surface area contributed by atoms with Crippen molar-refractivity contribution in [3.8, 4) is 0 Å². The lowest BCUT2D eigenvalue weighted by molar-refractivity contribution is -0.134. The van der Waals surface area contributed by atoms with Crippen LogP contribution in [0.2, 0.25) is 0 Å². The van der Waals surface area contributed by atoms with Crippen molar-refractivity contribution in [1.82, 2.24) is 14.8 Å². The smallest absolute Gasteiger partial charge is 0.226 e. The number of anilines is 1. The highest BCUT2D eigenvalue weighted by molar-refractivity contribution is 7.15. The van der Waals surface area contributed by atoms with Gasteiger partial charge in [-0.1, -0.05) is 0 Å². The summed E-state index contributed by atoms with van der Waals surface area (Å²) >= 11 is 1.76. The number of fused-ring (bicyclic) bond motifs is 1. The molecule has 0 radical (unpaired) electrons. The minimum Gasteiger partial charge on any atom is -0.345 e. The van der Waals surface area contributed by atoms with E-state index >= 15 is 0 Å². The molecule has 25 heavy (non-hydrogen) atoms. The van der Waals surface area contributed by atoms with Gasteiger partial charge in [0.05, 0.1) is 5.69 Å². The van der Waals surface area contributed by atoms with Crippen molar-refractivity contribution in [2.45, 2.75) is 39.0 Å². The summed E-state index contributed by atoms with van der Waals surface area (Å²) in [5, 5.41) is 1.07. The number of carbonyl (C=O) groups is 2. The maximum Gasteiger partial charge on any atom is 0.226 e. The third kappa shape index (κ3) is 3.38. The van der Waals surface area contributed by atoms with E-state index < -0.39 is 0 Å². The first-order valence-electron chi connectivity index (χ1n) is 9.39. The number of aryl methyl sites for hydroxylation is 1. The Hall–Kier alpha value is -1.63. The van der Waals surface area contributed by atoms with Crippen molar-refractivity contribution < 1.29 is 9.59 Å². The van der Waals surface area contributed by atoms with Crippen molar-refractivity contribution >= 4 is 28.3 Å². The van der Waals surface area contributed by atoms with Crippen LogP contribution < -0.4 is 4.90 Å². The molecule has 2 saturated heterocycles. The molecule has 1 atom stereocenters. The second-order valence-corrected chi connectivity index (χ2v) is 8.39. The molecular formula is C18H26N4O2S. The fraction of sp³-hybridized carbons (Fsp3) is 0.722. The lowest BCUT2D eigenvalue weighted by Crippen LogP contribution is -2.48. The minimum absolute atomic E-state index is 0.147. The molecule has 3 aliphatic rings. The quantitative estimate of drug-likeness (QED) is 0.801. The zero-order valence-corrected chi connectivity index (χ0v) is 15.7. The Labute approximate surface area is 152 Å². The molecule has 1 aliphatic carbocycles. The van der Waals surface area contributed by atoms with Crippen LogP contribution in [0.15, 0.2) is 0 Å². The third-order valence-corrected chi connectivity index (χ3v) is 6.87. The molecule has 1 aromatic heterocycles. The predicted octanol–water partition coefficient (Wildman–Crippen LogP) is 1.54. The normalized spacial score (nSPS) is 23.7. The largest absolute Gasteiger partial charge is 0.345 e. The molecule has 2 aliphatic heterocycles. The van der Waals surface area contributed by atoms with Crippen molar-refractivity contribution in [2.24, 2.45) is 5.92 Å². The number of hydrogen-bond donors (Lipinski definition) is 0. The highest BCUT2D eigenvalue weighted by Crippen LogP contribution is 2.35. The van der Waals surface area contributed by atoms with Gasteiger partial charge in [-0.15, -0.1) is 11.3 Å². The van der Waals surface area contributed by atoms with E-state index in [1.807, 2.05) is 4.90 Å². The van der Waals surface area contributed by atoms with Crippen molar-refractivity contribution in [1.29, 1.82) is 0 Å². The molecule has 0 aromatic carbocycles. The van der Waals surface area contributed by atoms with Gasteiger partial charge in [0.1, 0.15) is 0 Å². The first-order valence-corrected chi connectivity index (χ1v) is 10.2. The summed E-state index contributed by atoms with van der Waals surface area (Å²) in [5.74, 6) is 0.656. The average molecular weight is 362 g/mol. The van der Waals surface area contributed by atoms with Crippen LogP contribution in [-0.4, -0.2) is 65.9 Å². The number of likely N-dealkylation sites (tertiary alicyclic amines) is 1. The molecule has 0 spiro atoms. The molecule has 136 valence electrons. The van der Waals surface area contributed by atoms with Crippen LogP contribution >= 0.6 is 11.3 Å². The molecule has 2 amide bonds. The zero-order chi connectivity index (χ0) is 17.4. The number of piperazine rings is 1. The molecule has 4 rings (SSSR count). The van der Waals surface area contributed by atoms with Gasteiger partial charge in [0, 0.05) is 57.0 Å². The molecule has 1 unspecified atom stereocenters. The van der Waals surface area contributed by atoms with Crippen LogP contribution in [0.5, 0.6) is 0 Å². The summed E-state index contributed by atoms with van der Waals surface area (Å²) < 4.78 is 0. The first-order chi connectivity index (χ1) is 12.1. The Balaban J connectivity index is 1.41. The van der Waals surface area contributed by atoms with Crippen molar-refractivity contribution in [2.75, 3.05) is 44.2 Å². The van der Waals surface area contributed by atoms with E-state index in [-0.39, 0.29) is 11.8 Å². The lowest BCUT2D eigenvalue weighted by atomic mass is 9.90. The van der Waals surface area contributed by atoms with Gasteiger partial charge in [-0.05, 0) is 32.1 Å². The third-order valence-electron chi connectivity index (χ3n) is 5.69. The van der Waals surface area contributed by atoms with Crippen molar-refractivity contribution in [3.63, 3.8) is 0 Å². The topological polar surface area (TPSA) is 56.8 Å². The summed E-state index contributed by atoms with van der Waals surface area (Å²) in [7, 11) is 0. The fourth-order valence-corrected chi connectivity index (χ4v) is 5.35. The number of carbonyl (C=O) groups excluding carboxylic acids is 2. The second-order valence-electron chi connectivity index (χ2n) is 7.33. The lowest BCUT2D eigenvalue weighted by Gasteiger charge is -2.33. The van der Waals surface area contributed by atoms with Crippen LogP contribution in [0.3, 0.4) is 0 Å². The number of thiazole rings is 1. The molecule has 7 heteroatoms. The number of aromatic nitrogens is 1. The van der Waals surface area contributed by atoms with Gasteiger partial charge < -0.3 is 14.7 Å². The zero-order valence-electron chi connectivity index (χ0n) is 14.9. The van der Waals surface area contributed by atoms with Gasteiger partial charge in [0.15, 0.2) is 5.13 Å². The predicted molar refractivity (Wildman–Crippen MR) is 97.9 cm³/mol. The maximum absolute atomic E-state index is 12.7. The highest BCUT2D eigenvalue weighted by Gasteiger charge is 2.32. The van der Waals surface area contributed by atoms with E-state index in [4.69, 9.17) is 4.98 Å². The van der Waals surface area contributed by atoms with Gasteiger partial charge in [-0.3, -0.25) is 9.59 Å². The Morgan fingerprint density at radius 1 is 1.04 bits per heavy atom. The molecule has 1 aromatic rings. The van der Waals surface area contributed by atoms with E-state index in [0.29, 0.717) is 5.91 Å². The Morgan fingerprint density at radius 3 is 2.44 bits per heavy atom. The van der Waals surface area contributed by atoms with E-state index in [1.165, 1.54) is 10.6 Å². The van der Waals surface area contributed by atoms with E-state index in [9.17, 15) is 9.59 Å². The monoisotopic (exact) mass is 362 g/mol. The summed E-state index contributed by atoms with van der Waals surface area (Å²) in [6.45, 7) is 6.76. The number of hydrogen-bond acceptors (Lipinski definition) is 5. The standard InChI is InChI=1S/C18H26N4O2S/c1-13(23)20-8-10-22(11-9-20)18-19-15-5-4-14(12-16(15)25-18)17(24)21-6-2-3-7-21/h14H,2-12H2,1H3.